The fraction of sp³-hybridized carbons (Fsp3) is 0.100. The molecule has 9 heteroatoms. The molecular formula is C30H24ClFN4O3. The van der Waals surface area contributed by atoms with Crippen molar-refractivity contribution in [1.29, 1.82) is 0 Å². The van der Waals surface area contributed by atoms with Crippen LogP contribution in [0.25, 0.3) is 16.9 Å². The summed E-state index contributed by atoms with van der Waals surface area (Å²) in [5.74, 6) is -0.617. The Balaban J connectivity index is 1.45. The summed E-state index contributed by atoms with van der Waals surface area (Å²) in [5, 5.41) is 3.07. The van der Waals surface area contributed by atoms with Crippen molar-refractivity contribution in [2.45, 2.75) is 13.5 Å². The Kier molecular flexibility index (Phi) is 7.56. The Labute approximate surface area is 229 Å². The number of anilines is 1. The first-order chi connectivity index (χ1) is 18.9. The number of imidazole rings is 1. The smallest absolute Gasteiger partial charge is 0.256 e. The third-order valence-corrected chi connectivity index (χ3v) is 6.44. The summed E-state index contributed by atoms with van der Waals surface area (Å²) in [5.41, 5.74) is 2.67. The third-order valence-electron chi connectivity index (χ3n) is 6.11. The van der Waals surface area contributed by atoms with E-state index in [9.17, 15) is 14.0 Å². The highest BCUT2D eigenvalue weighted by Gasteiger charge is 2.23. The van der Waals surface area contributed by atoms with Crippen molar-refractivity contribution in [2.75, 3.05) is 11.9 Å². The van der Waals surface area contributed by atoms with E-state index in [-0.39, 0.29) is 35.4 Å². The molecule has 2 amide bonds. The number of hydrogen-bond donors (Lipinski definition) is 1. The summed E-state index contributed by atoms with van der Waals surface area (Å²) in [6.07, 6.45) is 3.22. The summed E-state index contributed by atoms with van der Waals surface area (Å²) < 4.78 is 21.5. The van der Waals surface area contributed by atoms with Gasteiger partial charge in [0, 0.05) is 11.8 Å². The van der Waals surface area contributed by atoms with Gasteiger partial charge < -0.3 is 9.32 Å². The first-order valence-corrected chi connectivity index (χ1v) is 12.5. The van der Waals surface area contributed by atoms with E-state index in [1.54, 1.807) is 66.2 Å². The number of nitrogens with zero attached hydrogens (tertiary/aromatic N) is 3. The van der Waals surface area contributed by atoms with Gasteiger partial charge in [-0.2, -0.15) is 0 Å². The second-order valence-corrected chi connectivity index (χ2v) is 9.30. The van der Waals surface area contributed by atoms with Crippen LogP contribution in [0.5, 0.6) is 0 Å². The van der Waals surface area contributed by atoms with Gasteiger partial charge in [-0.3, -0.25) is 19.5 Å². The number of halogens is 2. The van der Waals surface area contributed by atoms with Crippen LogP contribution in [0.1, 0.15) is 21.7 Å². The van der Waals surface area contributed by atoms with Crippen LogP contribution < -0.4 is 5.32 Å². The lowest BCUT2D eigenvalue weighted by Gasteiger charge is -2.22. The molecule has 2 heterocycles. The first-order valence-electron chi connectivity index (χ1n) is 12.2. The molecule has 0 atom stereocenters. The van der Waals surface area contributed by atoms with Crippen molar-refractivity contribution >= 4 is 29.4 Å². The van der Waals surface area contributed by atoms with Crippen molar-refractivity contribution in [3.05, 3.63) is 125 Å². The first kappa shape index (κ1) is 25.9. The maximum Gasteiger partial charge on any atom is 0.256 e. The van der Waals surface area contributed by atoms with Gasteiger partial charge in [0.15, 0.2) is 0 Å². The Morgan fingerprint density at radius 2 is 1.79 bits per heavy atom. The number of rotatable bonds is 8. The number of aryl methyl sites for hydroxylation is 1. The van der Waals surface area contributed by atoms with Gasteiger partial charge >= 0.3 is 0 Å². The molecule has 0 spiro atoms. The van der Waals surface area contributed by atoms with Gasteiger partial charge in [-0.1, -0.05) is 60.1 Å². The minimum Gasteiger partial charge on any atom is -0.467 e. The molecule has 2 aromatic heterocycles. The van der Waals surface area contributed by atoms with Crippen LogP contribution in [0.2, 0.25) is 5.02 Å². The highest BCUT2D eigenvalue weighted by Crippen LogP contribution is 2.26. The number of carbonyl (C=O) groups is 2. The van der Waals surface area contributed by atoms with Gasteiger partial charge in [0.1, 0.15) is 18.1 Å². The van der Waals surface area contributed by atoms with Crippen LogP contribution in [0, 0.1) is 12.7 Å². The number of furan rings is 1. The SMILES string of the molecule is Cc1ccc(-n2cc(-c3ccccc3)nc2NC(=O)CN(Cc2ccco2)C(=O)c2ccccc2Cl)cc1F. The zero-order valence-corrected chi connectivity index (χ0v) is 21.7. The molecule has 0 fully saturated rings. The number of carbonyl (C=O) groups excluding carboxylic acids is 2. The molecule has 0 unspecified atom stereocenters. The zero-order chi connectivity index (χ0) is 27.4. The lowest BCUT2D eigenvalue weighted by molar-refractivity contribution is -0.117. The molecule has 0 aliphatic carbocycles. The molecule has 0 aliphatic heterocycles. The van der Waals surface area contributed by atoms with Crippen molar-refractivity contribution in [1.82, 2.24) is 14.5 Å². The number of nitrogens with one attached hydrogen (secondary N) is 1. The summed E-state index contributed by atoms with van der Waals surface area (Å²) in [6.45, 7) is 1.42. The highest BCUT2D eigenvalue weighted by atomic mass is 35.5. The second kappa shape index (κ2) is 11.4. The minimum absolute atomic E-state index is 0.0529. The van der Waals surface area contributed by atoms with Crippen LogP contribution in [0.4, 0.5) is 10.3 Å². The zero-order valence-electron chi connectivity index (χ0n) is 21.0. The van der Waals surface area contributed by atoms with Gasteiger partial charge in [0.05, 0.1) is 34.8 Å². The Morgan fingerprint density at radius 3 is 2.51 bits per heavy atom. The predicted molar refractivity (Wildman–Crippen MR) is 147 cm³/mol. The summed E-state index contributed by atoms with van der Waals surface area (Å²) in [6, 6.07) is 24.3. The number of amides is 2. The average Bonchev–Trinajstić information content (AvgIpc) is 3.60. The highest BCUT2D eigenvalue weighted by molar-refractivity contribution is 6.33. The Hall–Kier alpha value is -4.69. The van der Waals surface area contributed by atoms with Crippen LogP contribution in [0.3, 0.4) is 0 Å². The lowest BCUT2D eigenvalue weighted by atomic mass is 10.2. The van der Waals surface area contributed by atoms with E-state index >= 15 is 0 Å². The molecule has 5 aromatic rings. The molecule has 0 aliphatic rings. The van der Waals surface area contributed by atoms with E-state index in [2.05, 4.69) is 10.3 Å². The normalized spacial score (nSPS) is 10.8. The van der Waals surface area contributed by atoms with Gasteiger partial charge in [-0.05, 0) is 48.9 Å². The molecule has 7 nitrogen and oxygen atoms in total. The maximum absolute atomic E-state index is 14.4. The number of hydrogen-bond acceptors (Lipinski definition) is 4. The molecule has 1 N–H and O–H groups in total. The minimum atomic E-state index is -0.499. The average molecular weight is 543 g/mol. The van der Waals surface area contributed by atoms with E-state index in [1.165, 1.54) is 17.2 Å². The number of benzene rings is 3. The lowest BCUT2D eigenvalue weighted by Crippen LogP contribution is -2.38. The third kappa shape index (κ3) is 5.91. The summed E-state index contributed by atoms with van der Waals surface area (Å²) >= 11 is 6.27. The van der Waals surface area contributed by atoms with Gasteiger partial charge in [-0.25, -0.2) is 9.37 Å². The Bertz CT molecular complexity index is 1620. The molecule has 0 saturated heterocycles. The van der Waals surface area contributed by atoms with Crippen LogP contribution in [-0.2, 0) is 11.3 Å². The molecule has 0 saturated carbocycles. The van der Waals surface area contributed by atoms with Gasteiger partial charge in [-0.15, -0.1) is 0 Å². The van der Waals surface area contributed by atoms with Crippen LogP contribution in [0.15, 0.2) is 102 Å². The van der Waals surface area contributed by atoms with Crippen molar-refractivity contribution in [2.24, 2.45) is 0 Å². The van der Waals surface area contributed by atoms with E-state index < -0.39 is 11.8 Å². The standard InChI is InChI=1S/C30H24ClFN4O3/c1-20-13-14-22(16-26(20)32)36-18-27(21-8-3-2-4-9-21)33-30(36)34-28(37)19-35(17-23-10-7-15-39-23)29(38)24-11-5-6-12-25(24)31/h2-16,18H,17,19H2,1H3,(H,33,34,37). The molecule has 39 heavy (non-hydrogen) atoms. The molecule has 0 radical (unpaired) electrons. The summed E-state index contributed by atoms with van der Waals surface area (Å²) in [4.78, 5) is 32.7. The second-order valence-electron chi connectivity index (χ2n) is 8.89. The topological polar surface area (TPSA) is 80.4 Å². The maximum atomic E-state index is 14.4. The molecular weight excluding hydrogens is 519 g/mol. The van der Waals surface area contributed by atoms with E-state index in [4.69, 9.17) is 16.0 Å². The fourth-order valence-electron chi connectivity index (χ4n) is 4.08. The van der Waals surface area contributed by atoms with Gasteiger partial charge in [0.25, 0.3) is 5.91 Å². The molecule has 196 valence electrons. The monoisotopic (exact) mass is 542 g/mol. The van der Waals surface area contributed by atoms with Crippen molar-refractivity contribution < 1.29 is 18.4 Å². The van der Waals surface area contributed by atoms with E-state index in [0.717, 1.165) is 5.56 Å². The fourth-order valence-corrected chi connectivity index (χ4v) is 4.29. The van der Waals surface area contributed by atoms with E-state index in [1.807, 2.05) is 30.3 Å². The van der Waals surface area contributed by atoms with Crippen molar-refractivity contribution in [3.8, 4) is 16.9 Å². The Morgan fingerprint density at radius 1 is 1.03 bits per heavy atom. The molecule has 3 aromatic carbocycles. The van der Waals surface area contributed by atoms with Gasteiger partial charge in [0.2, 0.25) is 11.9 Å². The van der Waals surface area contributed by atoms with Crippen LogP contribution >= 0.6 is 11.6 Å². The predicted octanol–water partition coefficient (Wildman–Crippen LogP) is 6.51. The molecule has 5 rings (SSSR count). The van der Waals surface area contributed by atoms with Crippen molar-refractivity contribution in [3.63, 3.8) is 0 Å². The van der Waals surface area contributed by atoms with Crippen LogP contribution in [-0.4, -0.2) is 32.8 Å². The summed E-state index contributed by atoms with van der Waals surface area (Å²) in [7, 11) is 0. The quantitative estimate of drug-likeness (QED) is 0.242. The molecule has 0 bridgehead atoms. The van der Waals surface area contributed by atoms with E-state index in [0.29, 0.717) is 22.7 Å². The largest absolute Gasteiger partial charge is 0.467 e. The number of aromatic nitrogens is 2.